The molecule has 252 valence electrons. The van der Waals surface area contributed by atoms with Crippen molar-refractivity contribution in [2.75, 3.05) is 44.8 Å². The van der Waals surface area contributed by atoms with Gasteiger partial charge in [0.05, 0.1) is 43.6 Å². The van der Waals surface area contributed by atoms with Gasteiger partial charge in [0, 0.05) is 37.1 Å². The molecular formula is C30H37ClF2N10O4. The molecule has 1 saturated heterocycles. The largest absolute Gasteiger partial charge is 0.487 e. The summed E-state index contributed by atoms with van der Waals surface area (Å²) in [6.07, 6.45) is 10.6. The second-order valence-corrected chi connectivity index (χ2v) is 11.9. The van der Waals surface area contributed by atoms with Crippen molar-refractivity contribution in [3.63, 3.8) is 0 Å². The van der Waals surface area contributed by atoms with Gasteiger partial charge in [-0.3, -0.25) is 9.58 Å². The van der Waals surface area contributed by atoms with Crippen LogP contribution in [0, 0.1) is 0 Å². The van der Waals surface area contributed by atoms with Crippen molar-refractivity contribution in [1.29, 1.82) is 0 Å². The number of ether oxygens (including phenoxy) is 4. The molecule has 3 aromatic heterocycles. The summed E-state index contributed by atoms with van der Waals surface area (Å²) in [5.41, 5.74) is 2.09. The number of tetrazole rings is 1. The van der Waals surface area contributed by atoms with E-state index in [1.54, 1.807) is 23.1 Å². The molecule has 1 unspecified atom stereocenters. The van der Waals surface area contributed by atoms with Crippen molar-refractivity contribution in [3.05, 3.63) is 48.1 Å². The van der Waals surface area contributed by atoms with Crippen LogP contribution in [0.2, 0.25) is 5.02 Å². The van der Waals surface area contributed by atoms with Gasteiger partial charge in [-0.25, -0.2) is 14.6 Å². The number of benzene rings is 1. The van der Waals surface area contributed by atoms with Crippen molar-refractivity contribution in [2.45, 2.75) is 64.0 Å². The van der Waals surface area contributed by atoms with Crippen molar-refractivity contribution >= 4 is 23.2 Å². The number of nitrogens with zero attached hydrogens (tertiary/aromatic N) is 9. The van der Waals surface area contributed by atoms with Gasteiger partial charge in [-0.05, 0) is 60.7 Å². The number of nitrogens with one attached hydrogen (secondary N) is 1. The van der Waals surface area contributed by atoms with Gasteiger partial charge < -0.3 is 24.3 Å². The molecule has 1 aliphatic carbocycles. The van der Waals surface area contributed by atoms with Gasteiger partial charge in [-0.1, -0.05) is 17.7 Å². The maximum atomic E-state index is 12.5. The SMILES string of the molecule is CC(Cn1cnnn1)Oc1cc(-c2cnc(Nc3cn(C4CCC(N5CCOCC5)CC4)nc3OCCOC(F)F)nc2)ccc1Cl. The lowest BCUT2D eigenvalue weighted by molar-refractivity contribution is -0.133. The van der Waals surface area contributed by atoms with Crippen LogP contribution in [-0.4, -0.2) is 103 Å². The fourth-order valence-electron chi connectivity index (χ4n) is 5.88. The average Bonchev–Trinajstić information content (AvgIpc) is 3.75. The predicted molar refractivity (Wildman–Crippen MR) is 167 cm³/mol. The van der Waals surface area contributed by atoms with Crippen molar-refractivity contribution in [2.24, 2.45) is 0 Å². The summed E-state index contributed by atoms with van der Waals surface area (Å²) in [6.45, 7) is 2.63. The van der Waals surface area contributed by atoms with Gasteiger partial charge in [0.25, 0.3) is 5.88 Å². The summed E-state index contributed by atoms with van der Waals surface area (Å²) >= 11 is 6.42. The second kappa shape index (κ2) is 15.7. The summed E-state index contributed by atoms with van der Waals surface area (Å²) in [5.74, 6) is 1.09. The number of hydrogen-bond acceptors (Lipinski definition) is 12. The highest BCUT2D eigenvalue weighted by Crippen LogP contribution is 2.35. The van der Waals surface area contributed by atoms with E-state index in [0.717, 1.165) is 63.1 Å². The highest BCUT2D eigenvalue weighted by atomic mass is 35.5. The molecule has 1 N–H and O–H groups in total. The maximum Gasteiger partial charge on any atom is 0.345 e. The number of morpholine rings is 1. The van der Waals surface area contributed by atoms with Crippen LogP contribution in [0.4, 0.5) is 20.4 Å². The molecular weight excluding hydrogens is 638 g/mol. The standard InChI is InChI=1S/C30H37ClF2N10O4/c1-20(17-42-19-36-39-40-42)47-27-14-21(2-7-25(27)31)22-15-34-30(35-16-22)37-26-18-43(38-28(26)45-12-13-46-29(32)33)24-5-3-23(4-6-24)41-8-10-44-11-9-41/h2,7,14-16,18-20,23-24,29H,3-6,8-13,17H2,1H3,(H,34,35,37). The Morgan fingerprint density at radius 2 is 1.81 bits per heavy atom. The third kappa shape index (κ3) is 8.88. The van der Waals surface area contributed by atoms with Gasteiger partial charge >= 0.3 is 6.61 Å². The third-order valence-corrected chi connectivity index (χ3v) is 8.51. The van der Waals surface area contributed by atoms with E-state index < -0.39 is 6.61 Å². The Balaban J connectivity index is 1.12. The van der Waals surface area contributed by atoms with Crippen LogP contribution < -0.4 is 14.8 Å². The van der Waals surface area contributed by atoms with E-state index in [2.05, 4.69) is 45.5 Å². The predicted octanol–water partition coefficient (Wildman–Crippen LogP) is 4.63. The molecule has 47 heavy (non-hydrogen) atoms. The molecule has 0 amide bonds. The molecule has 1 atom stereocenters. The van der Waals surface area contributed by atoms with Crippen LogP contribution in [0.5, 0.6) is 11.6 Å². The van der Waals surface area contributed by atoms with Crippen molar-refractivity contribution < 1.29 is 27.7 Å². The summed E-state index contributed by atoms with van der Waals surface area (Å²) in [6, 6.07) is 6.17. The maximum absolute atomic E-state index is 12.5. The van der Waals surface area contributed by atoms with Crippen LogP contribution in [0.3, 0.4) is 0 Å². The lowest BCUT2D eigenvalue weighted by Gasteiger charge is -2.38. The highest BCUT2D eigenvalue weighted by Gasteiger charge is 2.29. The fraction of sp³-hybridized carbons (Fsp3) is 0.533. The monoisotopic (exact) mass is 674 g/mol. The van der Waals surface area contributed by atoms with Crippen LogP contribution in [-0.2, 0) is 16.0 Å². The minimum absolute atomic E-state index is 0.0884. The topological polar surface area (TPSA) is 139 Å². The molecule has 14 nitrogen and oxygen atoms in total. The summed E-state index contributed by atoms with van der Waals surface area (Å²) < 4.78 is 50.2. The van der Waals surface area contributed by atoms with E-state index in [9.17, 15) is 8.78 Å². The first-order valence-corrected chi connectivity index (χ1v) is 16.0. The van der Waals surface area contributed by atoms with Gasteiger partial charge in [-0.2, -0.15) is 8.78 Å². The zero-order valence-electron chi connectivity index (χ0n) is 25.9. The first-order valence-electron chi connectivity index (χ1n) is 15.6. The van der Waals surface area contributed by atoms with Crippen molar-refractivity contribution in [3.8, 4) is 22.8 Å². The Bertz CT molecular complexity index is 1550. The number of aromatic nitrogens is 8. The Morgan fingerprint density at radius 3 is 2.53 bits per heavy atom. The molecule has 1 saturated carbocycles. The molecule has 4 aromatic rings. The third-order valence-electron chi connectivity index (χ3n) is 8.19. The molecule has 1 aromatic carbocycles. The lowest BCUT2D eigenvalue weighted by Crippen LogP contribution is -2.45. The van der Waals surface area contributed by atoms with Gasteiger partial charge in [-0.15, -0.1) is 10.2 Å². The van der Waals surface area contributed by atoms with E-state index in [-0.39, 0.29) is 31.2 Å². The zero-order valence-corrected chi connectivity index (χ0v) is 26.7. The lowest BCUT2D eigenvalue weighted by atomic mass is 9.90. The van der Waals surface area contributed by atoms with Crippen LogP contribution in [0.25, 0.3) is 11.1 Å². The first kappa shape index (κ1) is 32.9. The Labute approximate surface area is 275 Å². The number of alkyl halides is 2. The molecule has 2 aliphatic rings. The van der Waals surface area contributed by atoms with Gasteiger partial charge in [0.2, 0.25) is 5.95 Å². The minimum Gasteiger partial charge on any atom is -0.487 e. The Kier molecular flexibility index (Phi) is 11.0. The van der Waals surface area contributed by atoms with E-state index in [0.29, 0.717) is 35.0 Å². The highest BCUT2D eigenvalue weighted by molar-refractivity contribution is 6.32. The minimum atomic E-state index is -2.87. The molecule has 1 aliphatic heterocycles. The second-order valence-electron chi connectivity index (χ2n) is 11.4. The molecule has 17 heteroatoms. The van der Waals surface area contributed by atoms with Crippen LogP contribution >= 0.6 is 11.6 Å². The summed E-state index contributed by atoms with van der Waals surface area (Å²) in [5, 5.41) is 19.5. The smallest absolute Gasteiger partial charge is 0.345 e. The molecule has 0 bridgehead atoms. The molecule has 2 fully saturated rings. The fourth-order valence-corrected chi connectivity index (χ4v) is 6.04. The van der Waals surface area contributed by atoms with Gasteiger partial charge in [0.1, 0.15) is 30.5 Å². The van der Waals surface area contributed by atoms with E-state index >= 15 is 0 Å². The number of halogens is 3. The molecule has 0 radical (unpaired) electrons. The van der Waals surface area contributed by atoms with Crippen LogP contribution in [0.15, 0.2) is 43.1 Å². The van der Waals surface area contributed by atoms with Crippen LogP contribution in [0.1, 0.15) is 38.6 Å². The molecule has 4 heterocycles. The normalized spacial score (nSPS) is 19.5. The summed E-state index contributed by atoms with van der Waals surface area (Å²) in [4.78, 5) is 11.5. The Morgan fingerprint density at radius 1 is 1.04 bits per heavy atom. The Hall–Kier alpha value is -3.99. The van der Waals surface area contributed by atoms with E-state index in [4.69, 9.17) is 25.8 Å². The number of anilines is 2. The molecule has 6 rings (SSSR count). The number of rotatable bonds is 14. The first-order chi connectivity index (χ1) is 22.9. The summed E-state index contributed by atoms with van der Waals surface area (Å²) in [7, 11) is 0. The molecule has 0 spiro atoms. The van der Waals surface area contributed by atoms with E-state index in [1.807, 2.05) is 29.9 Å². The van der Waals surface area contributed by atoms with Gasteiger partial charge in [0.15, 0.2) is 0 Å². The quantitative estimate of drug-likeness (QED) is 0.187. The average molecular weight is 675 g/mol. The van der Waals surface area contributed by atoms with Crippen molar-refractivity contribution in [1.82, 2.24) is 44.9 Å². The van der Waals surface area contributed by atoms with E-state index in [1.165, 1.54) is 6.33 Å². The number of hydrogen-bond donors (Lipinski definition) is 1. The zero-order chi connectivity index (χ0) is 32.6.